The summed E-state index contributed by atoms with van der Waals surface area (Å²) in [5.41, 5.74) is 7.74. The molecule has 0 N–H and O–H groups in total. The van der Waals surface area contributed by atoms with E-state index in [1.807, 2.05) is 103 Å². The van der Waals surface area contributed by atoms with Gasteiger partial charge in [0, 0.05) is 24.7 Å². The van der Waals surface area contributed by atoms with Crippen LogP contribution in [-0.2, 0) is 9.13 Å². The first-order chi connectivity index (χ1) is 17.5. The van der Waals surface area contributed by atoms with Crippen molar-refractivity contribution in [2.45, 2.75) is 27.7 Å². The van der Waals surface area contributed by atoms with E-state index in [-0.39, 0.29) is 0 Å². The minimum atomic E-state index is -3.06. The average Bonchev–Trinajstić information content (AvgIpc) is 2.86. The number of hydrogen-bond acceptors (Lipinski definition) is 4. The molecule has 1 heterocycles. The highest BCUT2D eigenvalue weighted by Gasteiger charge is 2.37. The maximum Gasteiger partial charge on any atom is 0.419 e. The van der Waals surface area contributed by atoms with E-state index in [1.165, 1.54) is 0 Å². The molecule has 0 bridgehead atoms. The normalized spacial score (nSPS) is 18.2. The second-order valence-corrected chi connectivity index (χ2v) is 14.7. The Morgan fingerprint density at radius 1 is 0.568 bits per heavy atom. The number of fused-ring (bicyclic) bond motifs is 4. The lowest BCUT2D eigenvalue weighted by molar-refractivity contribution is 0.590. The molecule has 0 aliphatic carbocycles. The lowest BCUT2D eigenvalue weighted by atomic mass is 10.1. The van der Waals surface area contributed by atoms with Crippen LogP contribution in [0.3, 0.4) is 0 Å². The van der Waals surface area contributed by atoms with Crippen LogP contribution in [0.5, 0.6) is 0 Å². The molecule has 2 atom stereocenters. The van der Waals surface area contributed by atoms with Crippen molar-refractivity contribution in [1.29, 1.82) is 0 Å². The molecular formula is C31H33N2O2P2+. The second-order valence-electron chi connectivity index (χ2n) is 10.3. The summed E-state index contributed by atoms with van der Waals surface area (Å²) in [7, 11) is -1.000. The highest BCUT2D eigenvalue weighted by atomic mass is 31.2. The minimum absolute atomic E-state index is 0.770. The molecule has 0 fully saturated rings. The van der Waals surface area contributed by atoms with Crippen LogP contribution in [0, 0.1) is 27.7 Å². The molecule has 4 nitrogen and oxygen atoms in total. The molecule has 0 saturated carbocycles. The first-order valence-corrected chi connectivity index (χ1v) is 15.9. The first-order valence-electron chi connectivity index (χ1n) is 12.4. The molecule has 4 aromatic rings. The van der Waals surface area contributed by atoms with Gasteiger partial charge >= 0.3 is 7.80 Å². The monoisotopic (exact) mass is 527 g/mol. The van der Waals surface area contributed by atoms with E-state index in [9.17, 15) is 9.13 Å². The smallest absolute Gasteiger partial charge is 0.340 e. The van der Waals surface area contributed by atoms with E-state index in [1.54, 1.807) is 0 Å². The molecule has 0 spiro atoms. The van der Waals surface area contributed by atoms with Crippen LogP contribution in [0.15, 0.2) is 72.8 Å². The number of benzene rings is 4. The molecule has 5 rings (SSSR count). The van der Waals surface area contributed by atoms with Gasteiger partial charge in [-0.05, 0) is 99.6 Å². The Morgan fingerprint density at radius 3 is 1.78 bits per heavy atom. The number of anilines is 4. The fraction of sp³-hybridized carbons (Fsp3) is 0.226. The van der Waals surface area contributed by atoms with Crippen molar-refractivity contribution in [3.63, 3.8) is 0 Å². The SMILES string of the molecule is Cc1ccc2c(c1)N(C)c1cc(C)ccc1P(C)(=O)c1cc(C)ccc1N(C)c1ccc(C)cc1[P+]2=O. The fourth-order valence-electron chi connectivity index (χ4n) is 5.19. The van der Waals surface area contributed by atoms with Crippen molar-refractivity contribution in [2.75, 3.05) is 30.6 Å². The van der Waals surface area contributed by atoms with Crippen molar-refractivity contribution in [3.8, 4) is 0 Å². The molecule has 37 heavy (non-hydrogen) atoms. The Kier molecular flexibility index (Phi) is 6.39. The summed E-state index contributed by atoms with van der Waals surface area (Å²) in [5, 5.41) is 3.15. The molecule has 0 aromatic heterocycles. The van der Waals surface area contributed by atoms with Gasteiger partial charge in [-0.3, -0.25) is 0 Å². The maximum atomic E-state index is 15.0. The van der Waals surface area contributed by atoms with Gasteiger partial charge in [-0.25, -0.2) is 0 Å². The molecule has 0 saturated heterocycles. The predicted molar refractivity (Wildman–Crippen MR) is 161 cm³/mol. The fourth-order valence-corrected chi connectivity index (χ4v) is 9.22. The summed E-state index contributed by atoms with van der Waals surface area (Å²) < 4.78 is 29.4. The van der Waals surface area contributed by atoms with Crippen LogP contribution in [0.2, 0.25) is 0 Å². The molecule has 6 heteroatoms. The van der Waals surface area contributed by atoms with Crippen molar-refractivity contribution >= 4 is 58.9 Å². The largest absolute Gasteiger partial charge is 0.419 e. The second kappa shape index (κ2) is 9.28. The third-order valence-electron chi connectivity index (χ3n) is 7.33. The zero-order valence-electron chi connectivity index (χ0n) is 22.5. The van der Waals surface area contributed by atoms with Gasteiger partial charge in [0.05, 0.1) is 22.7 Å². The Balaban J connectivity index is 1.94. The summed E-state index contributed by atoms with van der Waals surface area (Å²) in [6, 6.07) is 24.5. The number of nitrogens with zero attached hydrogens (tertiary/aromatic N) is 2. The predicted octanol–water partition coefficient (Wildman–Crippen LogP) is 6.49. The van der Waals surface area contributed by atoms with E-state index in [0.717, 1.165) is 66.2 Å². The van der Waals surface area contributed by atoms with Gasteiger partial charge in [0.1, 0.15) is 7.14 Å². The van der Waals surface area contributed by atoms with Crippen molar-refractivity contribution in [2.24, 2.45) is 0 Å². The van der Waals surface area contributed by atoms with Gasteiger partial charge in [-0.1, -0.05) is 34.4 Å². The Morgan fingerprint density at radius 2 is 1.08 bits per heavy atom. The summed E-state index contributed by atoms with van der Waals surface area (Å²) in [4.78, 5) is 4.13. The Labute approximate surface area is 221 Å². The molecule has 0 radical (unpaired) electrons. The number of aryl methyl sites for hydroxylation is 4. The highest BCUT2D eigenvalue weighted by Crippen LogP contribution is 2.47. The third kappa shape index (κ3) is 4.33. The van der Waals surface area contributed by atoms with Crippen molar-refractivity contribution < 1.29 is 9.13 Å². The van der Waals surface area contributed by atoms with Gasteiger partial charge in [0.25, 0.3) is 0 Å². The minimum Gasteiger partial charge on any atom is -0.340 e. The van der Waals surface area contributed by atoms with Gasteiger partial charge in [0.2, 0.25) is 10.6 Å². The number of rotatable bonds is 0. The zero-order valence-corrected chi connectivity index (χ0v) is 24.3. The van der Waals surface area contributed by atoms with Crippen molar-refractivity contribution in [3.05, 3.63) is 95.1 Å². The Bertz CT molecular complexity index is 1630. The summed E-state index contributed by atoms with van der Waals surface area (Å²) in [6.07, 6.45) is 0. The number of hydrogen-bond donors (Lipinski definition) is 0. The summed E-state index contributed by atoms with van der Waals surface area (Å²) in [6.45, 7) is 10.0. The summed E-state index contributed by atoms with van der Waals surface area (Å²) in [5.74, 6) is 0. The van der Waals surface area contributed by atoms with E-state index in [0.29, 0.717) is 0 Å². The topological polar surface area (TPSA) is 40.6 Å². The van der Waals surface area contributed by atoms with Crippen LogP contribution in [-0.4, -0.2) is 20.8 Å². The van der Waals surface area contributed by atoms with Gasteiger partial charge in [-0.15, -0.1) is 0 Å². The van der Waals surface area contributed by atoms with Crippen molar-refractivity contribution in [1.82, 2.24) is 0 Å². The van der Waals surface area contributed by atoms with Crippen LogP contribution in [0.25, 0.3) is 0 Å². The summed E-state index contributed by atoms with van der Waals surface area (Å²) >= 11 is 0. The van der Waals surface area contributed by atoms with Crippen LogP contribution >= 0.6 is 14.9 Å². The molecule has 1 aliphatic rings. The molecule has 0 amide bonds. The average molecular weight is 528 g/mol. The molecular weight excluding hydrogens is 494 g/mol. The van der Waals surface area contributed by atoms with Crippen LogP contribution in [0.1, 0.15) is 22.3 Å². The van der Waals surface area contributed by atoms with E-state index in [4.69, 9.17) is 0 Å². The van der Waals surface area contributed by atoms with E-state index >= 15 is 0 Å². The van der Waals surface area contributed by atoms with Gasteiger partial charge in [-0.2, -0.15) is 0 Å². The lowest BCUT2D eigenvalue weighted by Crippen LogP contribution is -2.31. The van der Waals surface area contributed by atoms with Gasteiger partial charge in [0.15, 0.2) is 0 Å². The molecule has 2 unspecified atom stereocenters. The maximum absolute atomic E-state index is 15.0. The third-order valence-corrected chi connectivity index (χ3v) is 11.5. The zero-order chi connectivity index (χ0) is 26.6. The standard InChI is InChI=1S/C31H33N2O2P2/c1-20-10-14-28-26(16-20)33(6)27-17-21(2)11-15-30(27)37(7,35)31-19-23(4)9-13-25(31)32(5)24-12-8-22(3)18-29(24)36(28)34/h8-19H,1-7H3/q+1. The van der Waals surface area contributed by atoms with Crippen LogP contribution < -0.4 is 31.0 Å². The molecule has 188 valence electrons. The highest BCUT2D eigenvalue weighted by molar-refractivity contribution is 7.78. The van der Waals surface area contributed by atoms with E-state index < -0.39 is 14.9 Å². The quantitative estimate of drug-likeness (QED) is 0.245. The van der Waals surface area contributed by atoms with Crippen LogP contribution in [0.4, 0.5) is 22.7 Å². The lowest BCUT2D eigenvalue weighted by Gasteiger charge is -2.30. The van der Waals surface area contributed by atoms with Gasteiger partial charge < -0.3 is 14.4 Å². The molecule has 4 aromatic carbocycles. The first kappa shape index (κ1) is 25.5. The Hall–Kier alpha value is -3.19. The van der Waals surface area contributed by atoms with E-state index in [2.05, 4.69) is 28.0 Å². The molecule has 1 aliphatic heterocycles.